The summed E-state index contributed by atoms with van der Waals surface area (Å²) in [5.74, 6) is 0.602. The molecule has 0 aromatic carbocycles. The molecule has 1 atom stereocenters. The van der Waals surface area contributed by atoms with Crippen LogP contribution in [0.2, 0.25) is 0 Å². The molecule has 0 spiro atoms. The highest BCUT2D eigenvalue weighted by Gasteiger charge is 2.16. The Hall–Kier alpha value is -0.370. The van der Waals surface area contributed by atoms with Gasteiger partial charge in [-0.2, -0.15) is 0 Å². The second kappa shape index (κ2) is 6.18. The van der Waals surface area contributed by atoms with Crippen molar-refractivity contribution in [1.82, 2.24) is 5.32 Å². The smallest absolute Gasteiger partial charge is 0.136 e. The number of carbonyl (C=O) groups is 1. The molecular weight excluding hydrogens is 174 g/mol. The lowest BCUT2D eigenvalue weighted by atomic mass is 9.96. The van der Waals surface area contributed by atoms with Gasteiger partial charge in [0.2, 0.25) is 0 Å². The third-order valence-electron chi connectivity index (χ3n) is 3.00. The molecule has 1 unspecified atom stereocenters. The quantitative estimate of drug-likeness (QED) is 0.753. The molecule has 14 heavy (non-hydrogen) atoms. The molecule has 2 heteroatoms. The van der Waals surface area contributed by atoms with Gasteiger partial charge in [-0.3, -0.25) is 4.79 Å². The van der Waals surface area contributed by atoms with E-state index in [-0.39, 0.29) is 5.92 Å². The summed E-state index contributed by atoms with van der Waals surface area (Å²) in [6, 6.07) is 0.449. The Balaban J connectivity index is 2.30. The lowest BCUT2D eigenvalue weighted by Gasteiger charge is -2.21. The highest BCUT2D eigenvalue weighted by Crippen LogP contribution is 2.13. The van der Waals surface area contributed by atoms with Gasteiger partial charge in [-0.1, -0.05) is 33.1 Å². The molecule has 0 amide bonds. The standard InChI is InChI=1S/C12H23NO/c1-10(2)12(14)9-11-7-5-3-4-6-8-13-11/h10-11,13H,3-9H2,1-2H3. The zero-order valence-electron chi connectivity index (χ0n) is 9.51. The van der Waals surface area contributed by atoms with Crippen LogP contribution in [0, 0.1) is 5.92 Å². The van der Waals surface area contributed by atoms with Gasteiger partial charge in [0.15, 0.2) is 0 Å². The molecule has 1 fully saturated rings. The number of Topliss-reactive ketones (excluding diaryl/α,β-unsaturated/α-hetero) is 1. The maximum Gasteiger partial charge on any atom is 0.136 e. The third kappa shape index (κ3) is 4.23. The van der Waals surface area contributed by atoms with Gasteiger partial charge >= 0.3 is 0 Å². The van der Waals surface area contributed by atoms with Gasteiger partial charge < -0.3 is 5.32 Å². The first-order valence-electron chi connectivity index (χ1n) is 5.96. The number of rotatable bonds is 3. The van der Waals surface area contributed by atoms with E-state index in [4.69, 9.17) is 0 Å². The number of carbonyl (C=O) groups excluding carboxylic acids is 1. The molecule has 1 rings (SSSR count). The normalized spacial score (nSPS) is 24.4. The van der Waals surface area contributed by atoms with E-state index in [2.05, 4.69) is 5.32 Å². The molecule has 0 aliphatic carbocycles. The summed E-state index contributed by atoms with van der Waals surface area (Å²) >= 11 is 0. The van der Waals surface area contributed by atoms with Crippen molar-refractivity contribution in [2.75, 3.05) is 6.54 Å². The van der Waals surface area contributed by atoms with Crippen LogP contribution in [0.15, 0.2) is 0 Å². The molecule has 0 aromatic heterocycles. The average Bonchev–Trinajstić information content (AvgIpc) is 2.08. The van der Waals surface area contributed by atoms with Crippen molar-refractivity contribution in [3.05, 3.63) is 0 Å². The average molecular weight is 197 g/mol. The van der Waals surface area contributed by atoms with E-state index in [0.29, 0.717) is 11.8 Å². The zero-order chi connectivity index (χ0) is 10.4. The topological polar surface area (TPSA) is 29.1 Å². The molecule has 82 valence electrons. The van der Waals surface area contributed by atoms with E-state index in [0.717, 1.165) is 13.0 Å². The van der Waals surface area contributed by atoms with Crippen LogP contribution in [-0.4, -0.2) is 18.4 Å². The van der Waals surface area contributed by atoms with Crippen LogP contribution in [0.5, 0.6) is 0 Å². The van der Waals surface area contributed by atoms with Crippen molar-refractivity contribution in [2.24, 2.45) is 5.92 Å². The second-order valence-electron chi connectivity index (χ2n) is 4.68. The zero-order valence-corrected chi connectivity index (χ0v) is 9.51. The van der Waals surface area contributed by atoms with Crippen molar-refractivity contribution in [3.8, 4) is 0 Å². The highest BCUT2D eigenvalue weighted by molar-refractivity contribution is 5.80. The van der Waals surface area contributed by atoms with Crippen molar-refractivity contribution in [2.45, 2.75) is 58.4 Å². The molecule has 0 saturated carbocycles. The van der Waals surface area contributed by atoms with Crippen LogP contribution in [0.4, 0.5) is 0 Å². The number of hydrogen-bond acceptors (Lipinski definition) is 2. The van der Waals surface area contributed by atoms with E-state index >= 15 is 0 Å². The Morgan fingerprint density at radius 2 is 2.00 bits per heavy atom. The Labute approximate surface area is 87.5 Å². The van der Waals surface area contributed by atoms with E-state index < -0.39 is 0 Å². The molecule has 0 bridgehead atoms. The fourth-order valence-electron chi connectivity index (χ4n) is 1.93. The molecule has 0 radical (unpaired) electrons. The van der Waals surface area contributed by atoms with Crippen molar-refractivity contribution in [1.29, 1.82) is 0 Å². The van der Waals surface area contributed by atoms with Crippen LogP contribution in [0.3, 0.4) is 0 Å². The predicted molar refractivity (Wildman–Crippen MR) is 59.3 cm³/mol. The van der Waals surface area contributed by atoms with Crippen molar-refractivity contribution in [3.63, 3.8) is 0 Å². The van der Waals surface area contributed by atoms with Crippen LogP contribution >= 0.6 is 0 Å². The van der Waals surface area contributed by atoms with Crippen LogP contribution < -0.4 is 5.32 Å². The molecule has 0 aromatic rings. The molecule has 1 saturated heterocycles. The summed E-state index contributed by atoms with van der Waals surface area (Å²) < 4.78 is 0. The van der Waals surface area contributed by atoms with Crippen LogP contribution in [0.25, 0.3) is 0 Å². The SMILES string of the molecule is CC(C)C(=O)CC1CCCCCCN1. The van der Waals surface area contributed by atoms with E-state index in [1.165, 1.54) is 32.1 Å². The molecule has 2 nitrogen and oxygen atoms in total. The van der Waals surface area contributed by atoms with E-state index in [9.17, 15) is 4.79 Å². The monoisotopic (exact) mass is 197 g/mol. The summed E-state index contributed by atoms with van der Waals surface area (Å²) in [7, 11) is 0. The van der Waals surface area contributed by atoms with Gasteiger partial charge in [0.25, 0.3) is 0 Å². The summed E-state index contributed by atoms with van der Waals surface area (Å²) in [6.07, 6.45) is 7.15. The summed E-state index contributed by atoms with van der Waals surface area (Å²) in [4.78, 5) is 11.6. The fraction of sp³-hybridized carbons (Fsp3) is 0.917. The Kier molecular flexibility index (Phi) is 5.16. The Morgan fingerprint density at radius 1 is 1.29 bits per heavy atom. The predicted octanol–water partition coefficient (Wildman–Crippen LogP) is 2.52. The summed E-state index contributed by atoms with van der Waals surface area (Å²) in [5, 5.41) is 3.49. The second-order valence-corrected chi connectivity index (χ2v) is 4.68. The van der Waals surface area contributed by atoms with Gasteiger partial charge in [0, 0.05) is 18.4 Å². The molecule has 1 heterocycles. The van der Waals surface area contributed by atoms with Gasteiger partial charge in [-0.25, -0.2) is 0 Å². The minimum Gasteiger partial charge on any atom is -0.314 e. The van der Waals surface area contributed by atoms with Gasteiger partial charge in [-0.05, 0) is 19.4 Å². The van der Waals surface area contributed by atoms with E-state index in [1.807, 2.05) is 13.8 Å². The van der Waals surface area contributed by atoms with Crippen molar-refractivity contribution >= 4 is 5.78 Å². The lowest BCUT2D eigenvalue weighted by Crippen LogP contribution is -2.34. The first-order valence-corrected chi connectivity index (χ1v) is 5.96. The Bertz CT molecular complexity index is 169. The van der Waals surface area contributed by atoms with Crippen LogP contribution in [0.1, 0.15) is 52.4 Å². The first-order chi connectivity index (χ1) is 6.70. The van der Waals surface area contributed by atoms with Gasteiger partial charge in [0.1, 0.15) is 5.78 Å². The van der Waals surface area contributed by atoms with Gasteiger partial charge in [-0.15, -0.1) is 0 Å². The van der Waals surface area contributed by atoms with Crippen LogP contribution in [-0.2, 0) is 4.79 Å². The molecule has 1 aliphatic rings. The lowest BCUT2D eigenvalue weighted by molar-refractivity contribution is -0.122. The highest BCUT2D eigenvalue weighted by atomic mass is 16.1. The first kappa shape index (κ1) is 11.7. The third-order valence-corrected chi connectivity index (χ3v) is 3.00. The number of ketones is 1. The summed E-state index contributed by atoms with van der Waals surface area (Å²) in [6.45, 7) is 5.08. The maximum atomic E-state index is 11.6. The molecular formula is C12H23NO. The number of nitrogens with one attached hydrogen (secondary N) is 1. The molecule has 1 N–H and O–H groups in total. The van der Waals surface area contributed by atoms with Gasteiger partial charge in [0.05, 0.1) is 0 Å². The summed E-state index contributed by atoms with van der Waals surface area (Å²) in [5.41, 5.74) is 0. The minimum atomic E-state index is 0.197. The number of hydrogen-bond donors (Lipinski definition) is 1. The minimum absolute atomic E-state index is 0.197. The molecule has 1 aliphatic heterocycles. The van der Waals surface area contributed by atoms with Crippen molar-refractivity contribution < 1.29 is 4.79 Å². The maximum absolute atomic E-state index is 11.6. The van der Waals surface area contributed by atoms with E-state index in [1.54, 1.807) is 0 Å². The Morgan fingerprint density at radius 3 is 2.71 bits per heavy atom. The largest absolute Gasteiger partial charge is 0.314 e. The fourth-order valence-corrected chi connectivity index (χ4v) is 1.93.